The van der Waals surface area contributed by atoms with Crippen LogP contribution in [0.25, 0.3) is 0 Å². The van der Waals surface area contributed by atoms with Gasteiger partial charge in [0, 0.05) is 24.7 Å². The van der Waals surface area contributed by atoms with E-state index in [2.05, 4.69) is 31.0 Å². The maximum Gasteiger partial charge on any atom is 0.0698 e. The first-order chi connectivity index (χ1) is 8.53. The van der Waals surface area contributed by atoms with Gasteiger partial charge in [-0.15, -0.1) is 0 Å². The quantitative estimate of drug-likeness (QED) is 0.674. The standard InChI is InChI=1S/C14H30N2O2/c1-14(2,3)15-12-13-6-4-5-7-16(13)8-10-18-11-9-17/h13,15,17H,4-12H2,1-3H3. The largest absolute Gasteiger partial charge is 0.394 e. The molecule has 0 aromatic rings. The van der Waals surface area contributed by atoms with Gasteiger partial charge in [0.15, 0.2) is 0 Å². The lowest BCUT2D eigenvalue weighted by atomic mass is 10.0. The van der Waals surface area contributed by atoms with E-state index in [9.17, 15) is 0 Å². The highest BCUT2D eigenvalue weighted by molar-refractivity contribution is 4.82. The Morgan fingerprint density at radius 1 is 1.28 bits per heavy atom. The Hall–Kier alpha value is -0.160. The number of hydrogen-bond acceptors (Lipinski definition) is 4. The number of piperidine rings is 1. The number of likely N-dealkylation sites (tertiary alicyclic amines) is 1. The van der Waals surface area contributed by atoms with Gasteiger partial charge in [0.05, 0.1) is 19.8 Å². The summed E-state index contributed by atoms with van der Waals surface area (Å²) in [5.74, 6) is 0. The van der Waals surface area contributed by atoms with E-state index in [1.807, 2.05) is 0 Å². The Balaban J connectivity index is 2.28. The average Bonchev–Trinajstić information content (AvgIpc) is 2.32. The molecule has 0 aromatic carbocycles. The molecule has 1 saturated heterocycles. The van der Waals surface area contributed by atoms with E-state index in [1.54, 1.807) is 0 Å². The molecule has 108 valence electrons. The predicted molar refractivity (Wildman–Crippen MR) is 74.9 cm³/mol. The highest BCUT2D eigenvalue weighted by Gasteiger charge is 2.23. The Morgan fingerprint density at radius 2 is 2.06 bits per heavy atom. The average molecular weight is 258 g/mol. The molecule has 1 aliphatic heterocycles. The third-order valence-electron chi connectivity index (χ3n) is 3.38. The smallest absolute Gasteiger partial charge is 0.0698 e. The van der Waals surface area contributed by atoms with Gasteiger partial charge in [0.25, 0.3) is 0 Å². The molecule has 4 heteroatoms. The predicted octanol–water partition coefficient (Wildman–Crippen LogP) is 1.24. The highest BCUT2D eigenvalue weighted by Crippen LogP contribution is 2.16. The summed E-state index contributed by atoms with van der Waals surface area (Å²) >= 11 is 0. The second-order valence-corrected chi connectivity index (χ2v) is 6.15. The number of rotatable bonds is 7. The number of aliphatic hydroxyl groups excluding tert-OH is 1. The van der Waals surface area contributed by atoms with Crippen LogP contribution in [0.15, 0.2) is 0 Å². The molecule has 1 aliphatic rings. The van der Waals surface area contributed by atoms with Crippen molar-refractivity contribution in [2.45, 2.75) is 51.6 Å². The molecule has 2 N–H and O–H groups in total. The zero-order valence-corrected chi connectivity index (χ0v) is 12.2. The molecular weight excluding hydrogens is 228 g/mol. The molecule has 1 unspecified atom stereocenters. The third kappa shape index (κ3) is 6.69. The molecule has 0 saturated carbocycles. The second kappa shape index (κ2) is 8.10. The molecule has 0 aromatic heterocycles. The van der Waals surface area contributed by atoms with Crippen LogP contribution in [0, 0.1) is 0 Å². The van der Waals surface area contributed by atoms with Gasteiger partial charge in [-0.1, -0.05) is 6.42 Å². The number of hydrogen-bond donors (Lipinski definition) is 2. The van der Waals surface area contributed by atoms with Crippen LogP contribution >= 0.6 is 0 Å². The summed E-state index contributed by atoms with van der Waals surface area (Å²) in [6.45, 7) is 11.2. The van der Waals surface area contributed by atoms with Crippen LogP contribution in [-0.2, 0) is 4.74 Å². The monoisotopic (exact) mass is 258 g/mol. The second-order valence-electron chi connectivity index (χ2n) is 6.15. The van der Waals surface area contributed by atoms with Gasteiger partial charge in [-0.2, -0.15) is 0 Å². The van der Waals surface area contributed by atoms with Crippen LogP contribution in [0.4, 0.5) is 0 Å². The summed E-state index contributed by atoms with van der Waals surface area (Å²) in [6.07, 6.45) is 3.92. The molecule has 0 radical (unpaired) electrons. The fraction of sp³-hybridized carbons (Fsp3) is 1.00. The van der Waals surface area contributed by atoms with Crippen molar-refractivity contribution in [2.24, 2.45) is 0 Å². The summed E-state index contributed by atoms with van der Waals surface area (Å²) in [5.41, 5.74) is 0.191. The van der Waals surface area contributed by atoms with Crippen molar-refractivity contribution in [3.05, 3.63) is 0 Å². The van der Waals surface area contributed by atoms with Crippen molar-refractivity contribution in [3.63, 3.8) is 0 Å². The summed E-state index contributed by atoms with van der Waals surface area (Å²) in [5, 5.41) is 12.3. The van der Waals surface area contributed by atoms with E-state index in [0.717, 1.165) is 19.7 Å². The Labute approximate surface area is 112 Å². The fourth-order valence-electron chi connectivity index (χ4n) is 2.36. The molecule has 0 spiro atoms. The van der Waals surface area contributed by atoms with Gasteiger partial charge in [-0.3, -0.25) is 4.90 Å². The van der Waals surface area contributed by atoms with E-state index in [4.69, 9.17) is 9.84 Å². The molecule has 0 bridgehead atoms. The van der Waals surface area contributed by atoms with Crippen molar-refractivity contribution < 1.29 is 9.84 Å². The SMILES string of the molecule is CC(C)(C)NCC1CCCCN1CCOCCO. The minimum absolute atomic E-state index is 0.120. The zero-order chi connectivity index (χ0) is 13.4. The third-order valence-corrected chi connectivity index (χ3v) is 3.38. The van der Waals surface area contributed by atoms with Gasteiger partial charge < -0.3 is 15.2 Å². The Kier molecular flexibility index (Phi) is 7.15. The fourth-order valence-corrected chi connectivity index (χ4v) is 2.36. The summed E-state index contributed by atoms with van der Waals surface area (Å²) in [7, 11) is 0. The van der Waals surface area contributed by atoms with Crippen molar-refractivity contribution in [1.29, 1.82) is 0 Å². The first-order valence-electron chi connectivity index (χ1n) is 7.20. The van der Waals surface area contributed by atoms with Crippen LogP contribution in [0.1, 0.15) is 40.0 Å². The van der Waals surface area contributed by atoms with Crippen LogP contribution in [0.3, 0.4) is 0 Å². The maximum atomic E-state index is 8.68. The minimum atomic E-state index is 0.120. The highest BCUT2D eigenvalue weighted by atomic mass is 16.5. The number of aliphatic hydroxyl groups is 1. The summed E-state index contributed by atoms with van der Waals surface area (Å²) in [4.78, 5) is 2.53. The lowest BCUT2D eigenvalue weighted by molar-refractivity contribution is 0.0521. The molecular formula is C14H30N2O2. The van der Waals surface area contributed by atoms with Crippen molar-refractivity contribution in [1.82, 2.24) is 10.2 Å². The lowest BCUT2D eigenvalue weighted by Crippen LogP contribution is -2.50. The van der Waals surface area contributed by atoms with E-state index >= 15 is 0 Å². The molecule has 1 heterocycles. The molecule has 0 amide bonds. The first kappa shape index (κ1) is 15.9. The summed E-state index contributed by atoms with van der Waals surface area (Å²) in [6, 6.07) is 0.635. The van der Waals surface area contributed by atoms with Crippen molar-refractivity contribution >= 4 is 0 Å². The van der Waals surface area contributed by atoms with Crippen LogP contribution in [0.5, 0.6) is 0 Å². The van der Waals surface area contributed by atoms with Gasteiger partial charge in [-0.25, -0.2) is 0 Å². The van der Waals surface area contributed by atoms with E-state index in [1.165, 1.54) is 25.8 Å². The molecule has 4 nitrogen and oxygen atoms in total. The Bertz CT molecular complexity index is 216. The number of ether oxygens (including phenoxy) is 1. The molecule has 0 aliphatic carbocycles. The first-order valence-corrected chi connectivity index (χ1v) is 7.20. The zero-order valence-electron chi connectivity index (χ0n) is 12.2. The van der Waals surface area contributed by atoms with Crippen LogP contribution in [0.2, 0.25) is 0 Å². The van der Waals surface area contributed by atoms with Crippen molar-refractivity contribution in [3.8, 4) is 0 Å². The van der Waals surface area contributed by atoms with E-state index < -0.39 is 0 Å². The van der Waals surface area contributed by atoms with Crippen molar-refractivity contribution in [2.75, 3.05) is 39.5 Å². The van der Waals surface area contributed by atoms with Crippen LogP contribution in [-0.4, -0.2) is 61.0 Å². The number of nitrogens with zero attached hydrogens (tertiary/aromatic N) is 1. The lowest BCUT2D eigenvalue weighted by Gasteiger charge is -2.37. The Morgan fingerprint density at radius 3 is 2.72 bits per heavy atom. The summed E-state index contributed by atoms with van der Waals surface area (Å²) < 4.78 is 5.37. The number of nitrogens with one attached hydrogen (secondary N) is 1. The molecule has 18 heavy (non-hydrogen) atoms. The van der Waals surface area contributed by atoms with Gasteiger partial charge in [0.1, 0.15) is 0 Å². The van der Waals surface area contributed by atoms with Gasteiger partial charge in [0.2, 0.25) is 0 Å². The minimum Gasteiger partial charge on any atom is -0.394 e. The van der Waals surface area contributed by atoms with Gasteiger partial charge in [-0.05, 0) is 40.2 Å². The topological polar surface area (TPSA) is 44.7 Å². The van der Waals surface area contributed by atoms with Gasteiger partial charge >= 0.3 is 0 Å². The molecule has 1 fully saturated rings. The molecule has 1 rings (SSSR count). The van der Waals surface area contributed by atoms with Crippen LogP contribution < -0.4 is 5.32 Å². The molecule has 1 atom stereocenters. The van der Waals surface area contributed by atoms with E-state index in [-0.39, 0.29) is 12.1 Å². The normalized spacial score (nSPS) is 22.3. The van der Waals surface area contributed by atoms with E-state index in [0.29, 0.717) is 12.6 Å². The maximum absolute atomic E-state index is 8.68.